The average molecular weight is 310 g/mol. The summed E-state index contributed by atoms with van der Waals surface area (Å²) in [7, 11) is 0. The van der Waals surface area contributed by atoms with Crippen molar-refractivity contribution in [3.8, 4) is 0 Å². The maximum atomic E-state index is 12.2. The van der Waals surface area contributed by atoms with Crippen LogP contribution in [0.2, 0.25) is 0 Å². The molecule has 1 aromatic heterocycles. The minimum atomic E-state index is -1.18. The Balaban J connectivity index is 1.98. The third-order valence-corrected chi connectivity index (χ3v) is 4.67. The van der Waals surface area contributed by atoms with E-state index >= 15 is 0 Å². The van der Waals surface area contributed by atoms with Gasteiger partial charge in [0.1, 0.15) is 5.54 Å². The number of nitrogens with zero attached hydrogens (tertiary/aromatic N) is 1. The standard InChI is InChI=1S/C14H18N2O4S/c1-14(13(19)20)6-2-3-7-16(14)11(17)9-15-12(18)10-5-4-8-21-10/h4-5,8H,2-3,6-7,9H2,1H3,(H,15,18)(H,19,20). The molecule has 1 fully saturated rings. The van der Waals surface area contributed by atoms with Crippen LogP contribution in [-0.4, -0.2) is 46.4 Å². The second-order valence-electron chi connectivity index (χ2n) is 5.24. The number of carboxylic acids is 1. The first-order chi connectivity index (χ1) is 9.95. The molecular formula is C14H18N2O4S. The molecule has 2 heterocycles. The highest BCUT2D eigenvalue weighted by Crippen LogP contribution is 2.28. The fraction of sp³-hybridized carbons (Fsp3) is 0.500. The van der Waals surface area contributed by atoms with Crippen molar-refractivity contribution < 1.29 is 19.5 Å². The van der Waals surface area contributed by atoms with Crippen LogP contribution in [0.1, 0.15) is 35.9 Å². The summed E-state index contributed by atoms with van der Waals surface area (Å²) in [6.45, 7) is 1.80. The van der Waals surface area contributed by atoms with E-state index in [-0.39, 0.29) is 18.4 Å². The van der Waals surface area contributed by atoms with Gasteiger partial charge in [-0.25, -0.2) is 4.79 Å². The second-order valence-corrected chi connectivity index (χ2v) is 6.19. The van der Waals surface area contributed by atoms with Gasteiger partial charge in [-0.1, -0.05) is 6.07 Å². The predicted molar refractivity (Wildman–Crippen MR) is 78.3 cm³/mol. The van der Waals surface area contributed by atoms with Crippen LogP contribution in [0.4, 0.5) is 0 Å². The van der Waals surface area contributed by atoms with Gasteiger partial charge in [0.2, 0.25) is 5.91 Å². The Morgan fingerprint density at radius 2 is 2.19 bits per heavy atom. The van der Waals surface area contributed by atoms with E-state index in [2.05, 4.69) is 5.32 Å². The van der Waals surface area contributed by atoms with Crippen LogP contribution in [-0.2, 0) is 9.59 Å². The number of carbonyl (C=O) groups excluding carboxylic acids is 2. The maximum Gasteiger partial charge on any atom is 0.329 e. The molecule has 7 heteroatoms. The Kier molecular flexibility index (Phi) is 4.62. The van der Waals surface area contributed by atoms with Crippen LogP contribution in [0.3, 0.4) is 0 Å². The summed E-state index contributed by atoms with van der Waals surface area (Å²) in [4.78, 5) is 37.4. The summed E-state index contributed by atoms with van der Waals surface area (Å²) < 4.78 is 0. The van der Waals surface area contributed by atoms with Crippen molar-refractivity contribution in [3.63, 3.8) is 0 Å². The van der Waals surface area contributed by atoms with Gasteiger partial charge < -0.3 is 15.3 Å². The van der Waals surface area contributed by atoms with Gasteiger partial charge in [-0.3, -0.25) is 9.59 Å². The fourth-order valence-corrected chi connectivity index (χ4v) is 3.13. The lowest BCUT2D eigenvalue weighted by Crippen LogP contribution is -2.59. The minimum Gasteiger partial charge on any atom is -0.480 e. The molecule has 1 unspecified atom stereocenters. The molecule has 1 aliphatic heterocycles. The monoisotopic (exact) mass is 310 g/mol. The predicted octanol–water partition coefficient (Wildman–Crippen LogP) is 1.33. The van der Waals surface area contributed by atoms with Gasteiger partial charge >= 0.3 is 5.97 Å². The Labute approximate surface area is 126 Å². The zero-order valence-corrected chi connectivity index (χ0v) is 12.6. The summed E-state index contributed by atoms with van der Waals surface area (Å²) in [6.07, 6.45) is 2.01. The second kappa shape index (κ2) is 6.26. The van der Waals surface area contributed by atoms with Crippen LogP contribution < -0.4 is 5.32 Å². The quantitative estimate of drug-likeness (QED) is 0.878. The highest BCUT2D eigenvalue weighted by Gasteiger charge is 2.43. The summed E-state index contributed by atoms with van der Waals surface area (Å²) in [5, 5.41) is 13.7. The lowest BCUT2D eigenvalue weighted by Gasteiger charge is -2.41. The number of likely N-dealkylation sites (tertiary alicyclic amines) is 1. The number of nitrogens with one attached hydrogen (secondary N) is 1. The van der Waals surface area contributed by atoms with Crippen molar-refractivity contribution in [2.45, 2.75) is 31.7 Å². The van der Waals surface area contributed by atoms with E-state index in [0.29, 0.717) is 17.8 Å². The van der Waals surface area contributed by atoms with Crippen LogP contribution in [0.25, 0.3) is 0 Å². The summed E-state index contributed by atoms with van der Waals surface area (Å²) >= 11 is 1.29. The molecule has 1 aliphatic rings. The third kappa shape index (κ3) is 3.24. The number of aliphatic carboxylic acids is 1. The maximum absolute atomic E-state index is 12.2. The average Bonchev–Trinajstić information content (AvgIpc) is 2.99. The largest absolute Gasteiger partial charge is 0.480 e. The van der Waals surface area contributed by atoms with Crippen molar-refractivity contribution >= 4 is 29.1 Å². The van der Waals surface area contributed by atoms with Gasteiger partial charge in [0, 0.05) is 6.54 Å². The molecule has 0 aromatic carbocycles. The molecule has 0 aliphatic carbocycles. The highest BCUT2D eigenvalue weighted by atomic mass is 32.1. The Morgan fingerprint density at radius 3 is 2.81 bits per heavy atom. The Morgan fingerprint density at radius 1 is 1.43 bits per heavy atom. The van der Waals surface area contributed by atoms with Gasteiger partial charge in [-0.05, 0) is 37.6 Å². The summed E-state index contributed by atoms with van der Waals surface area (Å²) in [5.74, 6) is -1.67. The molecule has 114 valence electrons. The van der Waals surface area contributed by atoms with Gasteiger partial charge in [-0.15, -0.1) is 11.3 Å². The molecule has 0 bridgehead atoms. The first-order valence-electron chi connectivity index (χ1n) is 6.81. The first kappa shape index (κ1) is 15.5. The Hall–Kier alpha value is -1.89. The fourth-order valence-electron chi connectivity index (χ4n) is 2.49. The number of carboxylic acid groups (broad SMARTS) is 1. The lowest BCUT2D eigenvalue weighted by atomic mass is 9.88. The summed E-state index contributed by atoms with van der Waals surface area (Å²) in [6, 6.07) is 3.43. The van der Waals surface area contributed by atoms with Crippen molar-refractivity contribution in [1.29, 1.82) is 0 Å². The molecule has 2 N–H and O–H groups in total. The van der Waals surface area contributed by atoms with Gasteiger partial charge in [-0.2, -0.15) is 0 Å². The zero-order chi connectivity index (χ0) is 15.5. The van der Waals surface area contributed by atoms with E-state index in [0.717, 1.165) is 12.8 Å². The summed E-state index contributed by atoms with van der Waals surface area (Å²) in [5.41, 5.74) is -1.18. The minimum absolute atomic E-state index is 0.181. The molecule has 0 saturated carbocycles. The van der Waals surface area contributed by atoms with E-state index in [4.69, 9.17) is 0 Å². The van der Waals surface area contributed by atoms with E-state index in [1.165, 1.54) is 16.2 Å². The molecule has 1 atom stereocenters. The molecule has 2 rings (SSSR count). The zero-order valence-electron chi connectivity index (χ0n) is 11.8. The van der Waals surface area contributed by atoms with E-state index in [1.54, 1.807) is 24.4 Å². The van der Waals surface area contributed by atoms with E-state index in [1.807, 2.05) is 0 Å². The normalized spacial score (nSPS) is 21.9. The molecule has 0 spiro atoms. The van der Waals surface area contributed by atoms with Gasteiger partial charge in [0.25, 0.3) is 5.91 Å². The van der Waals surface area contributed by atoms with Crippen LogP contribution >= 0.6 is 11.3 Å². The van der Waals surface area contributed by atoms with E-state index in [9.17, 15) is 19.5 Å². The van der Waals surface area contributed by atoms with Gasteiger partial charge in [0.15, 0.2) is 0 Å². The molecule has 1 aromatic rings. The highest BCUT2D eigenvalue weighted by molar-refractivity contribution is 7.12. The van der Waals surface area contributed by atoms with E-state index < -0.39 is 11.5 Å². The number of thiophene rings is 1. The van der Waals surface area contributed by atoms with Gasteiger partial charge in [0.05, 0.1) is 11.4 Å². The number of amides is 2. The molecule has 2 amide bonds. The van der Waals surface area contributed by atoms with Crippen molar-refractivity contribution in [2.75, 3.05) is 13.1 Å². The SMILES string of the molecule is CC1(C(=O)O)CCCCN1C(=O)CNC(=O)c1cccs1. The molecule has 1 saturated heterocycles. The van der Waals surface area contributed by atoms with Crippen LogP contribution in [0.15, 0.2) is 17.5 Å². The molecule has 6 nitrogen and oxygen atoms in total. The molecular weight excluding hydrogens is 292 g/mol. The van der Waals surface area contributed by atoms with Crippen molar-refractivity contribution in [3.05, 3.63) is 22.4 Å². The topological polar surface area (TPSA) is 86.7 Å². The number of piperidine rings is 1. The Bertz CT molecular complexity index is 543. The molecule has 21 heavy (non-hydrogen) atoms. The van der Waals surface area contributed by atoms with Crippen molar-refractivity contribution in [1.82, 2.24) is 10.2 Å². The smallest absolute Gasteiger partial charge is 0.329 e. The number of hydrogen-bond donors (Lipinski definition) is 2. The number of hydrogen-bond acceptors (Lipinski definition) is 4. The number of carbonyl (C=O) groups is 3. The van der Waals surface area contributed by atoms with Crippen molar-refractivity contribution in [2.24, 2.45) is 0 Å². The van der Waals surface area contributed by atoms with Crippen LogP contribution in [0, 0.1) is 0 Å². The lowest BCUT2D eigenvalue weighted by molar-refractivity contribution is -0.160. The first-order valence-corrected chi connectivity index (χ1v) is 7.68. The number of rotatable bonds is 4. The van der Waals surface area contributed by atoms with Crippen LogP contribution in [0.5, 0.6) is 0 Å². The third-order valence-electron chi connectivity index (χ3n) is 3.80. The molecule has 0 radical (unpaired) electrons.